The van der Waals surface area contributed by atoms with Gasteiger partial charge in [-0.25, -0.2) is 4.79 Å². The van der Waals surface area contributed by atoms with Gasteiger partial charge in [-0.3, -0.25) is 4.79 Å². The van der Waals surface area contributed by atoms with E-state index in [4.69, 9.17) is 4.74 Å². The van der Waals surface area contributed by atoms with Crippen LogP contribution in [0.15, 0.2) is 0 Å². The van der Waals surface area contributed by atoms with Gasteiger partial charge in [-0.15, -0.1) is 0 Å². The van der Waals surface area contributed by atoms with E-state index in [1.54, 1.807) is 4.90 Å². The largest absolute Gasteiger partial charge is 0.444 e. The molecule has 0 aromatic rings. The lowest BCUT2D eigenvalue weighted by atomic mass is 9.99. The lowest BCUT2D eigenvalue weighted by molar-refractivity contribution is -0.130. The van der Waals surface area contributed by atoms with Gasteiger partial charge in [-0.05, 0) is 34.6 Å². The standard InChI is InChI=1S/C12H22N2O3/c1-8(2)13-10(15)9-6-14(7-9)11(16)17-12(3,4)5/h8-9H,6-7H2,1-5H3,(H,13,15). The normalized spacial score (nSPS) is 16.7. The van der Waals surface area contributed by atoms with E-state index in [1.165, 1.54) is 0 Å². The highest BCUT2D eigenvalue weighted by molar-refractivity contribution is 5.82. The average molecular weight is 242 g/mol. The average Bonchev–Trinajstić information content (AvgIpc) is 1.94. The summed E-state index contributed by atoms with van der Waals surface area (Å²) >= 11 is 0. The van der Waals surface area contributed by atoms with E-state index in [-0.39, 0.29) is 24.0 Å². The first kappa shape index (κ1) is 13.8. The summed E-state index contributed by atoms with van der Waals surface area (Å²) < 4.78 is 5.21. The van der Waals surface area contributed by atoms with Crippen LogP contribution in [0.2, 0.25) is 0 Å². The van der Waals surface area contributed by atoms with Crippen molar-refractivity contribution in [2.24, 2.45) is 5.92 Å². The third-order valence-electron chi connectivity index (χ3n) is 2.33. The number of likely N-dealkylation sites (tertiary alicyclic amines) is 1. The van der Waals surface area contributed by atoms with Crippen molar-refractivity contribution in [3.05, 3.63) is 0 Å². The summed E-state index contributed by atoms with van der Waals surface area (Å²) in [6, 6.07) is 0.137. The van der Waals surface area contributed by atoms with Crippen LogP contribution in [0.3, 0.4) is 0 Å². The Bertz CT molecular complexity index is 301. The SMILES string of the molecule is CC(C)NC(=O)C1CN(C(=O)OC(C)(C)C)C1. The summed E-state index contributed by atoms with van der Waals surface area (Å²) in [5, 5.41) is 2.83. The van der Waals surface area contributed by atoms with Crippen LogP contribution in [0.4, 0.5) is 4.79 Å². The molecule has 0 atom stereocenters. The second kappa shape index (κ2) is 4.94. The maximum atomic E-state index is 11.6. The Labute approximate surface area is 102 Å². The van der Waals surface area contributed by atoms with Crippen LogP contribution in [0, 0.1) is 5.92 Å². The first-order valence-electron chi connectivity index (χ1n) is 5.97. The monoisotopic (exact) mass is 242 g/mol. The number of carbonyl (C=O) groups is 2. The predicted molar refractivity (Wildman–Crippen MR) is 64.6 cm³/mol. The molecule has 17 heavy (non-hydrogen) atoms. The maximum absolute atomic E-state index is 11.6. The van der Waals surface area contributed by atoms with Gasteiger partial charge in [0.05, 0.1) is 5.92 Å². The van der Waals surface area contributed by atoms with Crippen LogP contribution < -0.4 is 5.32 Å². The second-order valence-electron chi connectivity index (χ2n) is 5.75. The number of ether oxygens (including phenoxy) is 1. The molecule has 0 saturated carbocycles. The third kappa shape index (κ3) is 4.24. The van der Waals surface area contributed by atoms with Gasteiger partial charge in [0.15, 0.2) is 0 Å². The van der Waals surface area contributed by atoms with E-state index in [1.807, 2.05) is 34.6 Å². The Kier molecular flexibility index (Phi) is 4.01. The summed E-state index contributed by atoms with van der Waals surface area (Å²) in [5.41, 5.74) is -0.484. The molecule has 0 unspecified atom stereocenters. The molecule has 1 saturated heterocycles. The highest BCUT2D eigenvalue weighted by Gasteiger charge is 2.37. The molecule has 1 heterocycles. The number of carbonyl (C=O) groups excluding carboxylic acids is 2. The molecule has 1 aliphatic rings. The topological polar surface area (TPSA) is 58.6 Å². The quantitative estimate of drug-likeness (QED) is 0.795. The molecule has 1 aliphatic heterocycles. The molecule has 0 bridgehead atoms. The number of hydrogen-bond donors (Lipinski definition) is 1. The zero-order valence-corrected chi connectivity index (χ0v) is 11.2. The maximum Gasteiger partial charge on any atom is 0.410 e. The molecule has 0 spiro atoms. The third-order valence-corrected chi connectivity index (χ3v) is 2.33. The molecule has 1 rings (SSSR count). The van der Waals surface area contributed by atoms with Crippen LogP contribution in [0.25, 0.3) is 0 Å². The van der Waals surface area contributed by atoms with Gasteiger partial charge in [0.2, 0.25) is 5.91 Å². The fraction of sp³-hybridized carbons (Fsp3) is 0.833. The van der Waals surface area contributed by atoms with Gasteiger partial charge < -0.3 is 15.0 Å². The molecule has 5 heteroatoms. The zero-order chi connectivity index (χ0) is 13.2. The summed E-state index contributed by atoms with van der Waals surface area (Å²) in [6.07, 6.45) is -0.342. The molecule has 1 N–H and O–H groups in total. The second-order valence-corrected chi connectivity index (χ2v) is 5.75. The number of rotatable bonds is 2. The van der Waals surface area contributed by atoms with Crippen molar-refractivity contribution in [1.29, 1.82) is 0 Å². The Hall–Kier alpha value is -1.26. The summed E-state index contributed by atoms with van der Waals surface area (Å²) in [4.78, 5) is 24.8. The van der Waals surface area contributed by atoms with Crippen molar-refractivity contribution < 1.29 is 14.3 Å². The molecular weight excluding hydrogens is 220 g/mol. The van der Waals surface area contributed by atoms with E-state index < -0.39 is 5.60 Å². The van der Waals surface area contributed by atoms with Gasteiger partial charge in [0, 0.05) is 19.1 Å². The van der Waals surface area contributed by atoms with Gasteiger partial charge in [-0.2, -0.15) is 0 Å². The Morgan fingerprint density at radius 1 is 1.29 bits per heavy atom. The van der Waals surface area contributed by atoms with Gasteiger partial charge in [0.1, 0.15) is 5.60 Å². The minimum absolute atomic E-state index is 0.0137. The molecule has 2 amide bonds. The Balaban J connectivity index is 2.32. The first-order chi connectivity index (χ1) is 7.69. The minimum atomic E-state index is -0.484. The van der Waals surface area contributed by atoms with E-state index >= 15 is 0 Å². The van der Waals surface area contributed by atoms with Crippen molar-refractivity contribution in [1.82, 2.24) is 10.2 Å². The van der Waals surface area contributed by atoms with E-state index in [2.05, 4.69) is 5.32 Å². The van der Waals surface area contributed by atoms with Crippen molar-refractivity contribution in [3.8, 4) is 0 Å². The lowest BCUT2D eigenvalue weighted by Gasteiger charge is -2.39. The van der Waals surface area contributed by atoms with Gasteiger partial charge in [-0.1, -0.05) is 0 Å². The number of nitrogens with zero attached hydrogens (tertiary/aromatic N) is 1. The summed E-state index contributed by atoms with van der Waals surface area (Å²) in [6.45, 7) is 10.2. The van der Waals surface area contributed by atoms with Crippen molar-refractivity contribution >= 4 is 12.0 Å². The number of hydrogen-bond acceptors (Lipinski definition) is 3. The van der Waals surface area contributed by atoms with Crippen LogP contribution in [0.5, 0.6) is 0 Å². The van der Waals surface area contributed by atoms with Crippen LogP contribution in [-0.4, -0.2) is 41.6 Å². The number of amides is 2. The van der Waals surface area contributed by atoms with Crippen LogP contribution in [-0.2, 0) is 9.53 Å². The molecule has 5 nitrogen and oxygen atoms in total. The van der Waals surface area contributed by atoms with E-state index in [9.17, 15) is 9.59 Å². The molecule has 98 valence electrons. The molecule has 0 aromatic carbocycles. The predicted octanol–water partition coefficient (Wildman–Crippen LogP) is 1.38. The molecule has 0 aliphatic carbocycles. The molecule has 0 aromatic heterocycles. The van der Waals surface area contributed by atoms with Crippen LogP contribution >= 0.6 is 0 Å². The zero-order valence-electron chi connectivity index (χ0n) is 11.2. The number of nitrogens with one attached hydrogen (secondary N) is 1. The van der Waals surface area contributed by atoms with Gasteiger partial charge >= 0.3 is 6.09 Å². The summed E-state index contributed by atoms with van der Waals surface area (Å²) in [7, 11) is 0. The van der Waals surface area contributed by atoms with Crippen molar-refractivity contribution in [2.45, 2.75) is 46.3 Å². The minimum Gasteiger partial charge on any atom is -0.444 e. The highest BCUT2D eigenvalue weighted by Crippen LogP contribution is 2.19. The highest BCUT2D eigenvalue weighted by atomic mass is 16.6. The molecular formula is C12H22N2O3. The van der Waals surface area contributed by atoms with E-state index in [0.717, 1.165) is 0 Å². The fourth-order valence-electron chi connectivity index (χ4n) is 1.52. The Morgan fingerprint density at radius 3 is 2.24 bits per heavy atom. The molecule has 1 fully saturated rings. The van der Waals surface area contributed by atoms with Crippen molar-refractivity contribution in [2.75, 3.05) is 13.1 Å². The first-order valence-corrected chi connectivity index (χ1v) is 5.97. The Morgan fingerprint density at radius 2 is 1.82 bits per heavy atom. The summed E-state index contributed by atoms with van der Waals surface area (Å²) in [5.74, 6) is -0.0790. The lowest BCUT2D eigenvalue weighted by Crippen LogP contribution is -2.57. The van der Waals surface area contributed by atoms with E-state index in [0.29, 0.717) is 13.1 Å². The van der Waals surface area contributed by atoms with Crippen molar-refractivity contribution in [3.63, 3.8) is 0 Å². The fourth-order valence-corrected chi connectivity index (χ4v) is 1.52. The van der Waals surface area contributed by atoms with Gasteiger partial charge in [0.25, 0.3) is 0 Å². The smallest absolute Gasteiger partial charge is 0.410 e. The van der Waals surface area contributed by atoms with Crippen LogP contribution in [0.1, 0.15) is 34.6 Å². The molecule has 0 radical (unpaired) electrons.